The number of ketones is 1. The molecule has 7 heteroatoms. The van der Waals surface area contributed by atoms with Crippen LogP contribution in [0.1, 0.15) is 39.9 Å². The van der Waals surface area contributed by atoms with Gasteiger partial charge in [-0.1, -0.05) is 36.4 Å². The topological polar surface area (TPSA) is 113 Å². The fourth-order valence-corrected chi connectivity index (χ4v) is 5.23. The number of hydrogen-bond donors (Lipinski definition) is 2. The SMILES string of the molecule is NC(=O)C(=O)c1cn2c3c(cccc13)CCC2.NC(=O)Cc1cn2c3c(cccc13)CCC2. The third-order valence-electron chi connectivity index (χ3n) is 6.57. The van der Waals surface area contributed by atoms with Gasteiger partial charge in [0.05, 0.1) is 23.0 Å². The monoisotopic (exact) mass is 442 g/mol. The van der Waals surface area contributed by atoms with Crippen molar-refractivity contribution < 1.29 is 14.4 Å². The van der Waals surface area contributed by atoms with Crippen LogP contribution in [0.3, 0.4) is 0 Å². The average Bonchev–Trinajstić information content (AvgIpc) is 3.35. The predicted molar refractivity (Wildman–Crippen MR) is 127 cm³/mol. The maximum absolute atomic E-state index is 11.7. The van der Waals surface area contributed by atoms with Gasteiger partial charge in [0.15, 0.2) is 0 Å². The van der Waals surface area contributed by atoms with Gasteiger partial charge >= 0.3 is 0 Å². The second-order valence-corrected chi connectivity index (χ2v) is 8.75. The lowest BCUT2D eigenvalue weighted by molar-refractivity contribution is -0.117. The third kappa shape index (κ3) is 3.69. The number of hydrogen-bond acceptors (Lipinski definition) is 3. The third-order valence-corrected chi connectivity index (χ3v) is 6.57. The molecule has 0 bridgehead atoms. The molecule has 4 heterocycles. The van der Waals surface area contributed by atoms with E-state index in [0.717, 1.165) is 48.8 Å². The fourth-order valence-electron chi connectivity index (χ4n) is 5.23. The fraction of sp³-hybridized carbons (Fsp3) is 0.269. The maximum Gasteiger partial charge on any atom is 0.289 e. The lowest BCUT2D eigenvalue weighted by Gasteiger charge is -2.14. The van der Waals surface area contributed by atoms with E-state index in [1.807, 2.05) is 16.7 Å². The van der Waals surface area contributed by atoms with E-state index in [1.165, 1.54) is 28.5 Å². The van der Waals surface area contributed by atoms with Crippen molar-refractivity contribution in [3.05, 3.63) is 71.0 Å². The summed E-state index contributed by atoms with van der Waals surface area (Å²) in [5.41, 5.74) is 16.8. The Morgan fingerprint density at radius 2 is 1.36 bits per heavy atom. The van der Waals surface area contributed by atoms with Gasteiger partial charge in [0.1, 0.15) is 0 Å². The van der Waals surface area contributed by atoms with Crippen molar-refractivity contribution in [3.8, 4) is 0 Å². The van der Waals surface area contributed by atoms with E-state index in [0.29, 0.717) is 12.0 Å². The summed E-state index contributed by atoms with van der Waals surface area (Å²) in [4.78, 5) is 33.8. The summed E-state index contributed by atoms with van der Waals surface area (Å²) < 4.78 is 4.30. The molecule has 0 unspecified atom stereocenters. The smallest absolute Gasteiger partial charge is 0.289 e. The molecule has 7 nitrogen and oxygen atoms in total. The molecule has 0 aliphatic carbocycles. The first-order valence-corrected chi connectivity index (χ1v) is 11.3. The summed E-state index contributed by atoms with van der Waals surface area (Å²) in [5, 5.41) is 2.03. The van der Waals surface area contributed by atoms with Gasteiger partial charge in [-0.05, 0) is 42.4 Å². The molecule has 2 amide bonds. The molecule has 0 radical (unpaired) electrons. The molecule has 168 valence electrons. The Hall–Kier alpha value is -3.87. The van der Waals surface area contributed by atoms with Gasteiger partial charge < -0.3 is 20.6 Å². The van der Waals surface area contributed by atoms with E-state index in [9.17, 15) is 14.4 Å². The molecule has 0 fully saturated rings. The summed E-state index contributed by atoms with van der Waals surface area (Å²) in [7, 11) is 0. The average molecular weight is 443 g/mol. The highest BCUT2D eigenvalue weighted by Crippen LogP contribution is 2.30. The van der Waals surface area contributed by atoms with Crippen LogP contribution in [0.4, 0.5) is 0 Å². The van der Waals surface area contributed by atoms with Crippen molar-refractivity contribution in [2.45, 2.75) is 45.2 Å². The van der Waals surface area contributed by atoms with Crippen LogP contribution in [0.15, 0.2) is 48.8 Å². The van der Waals surface area contributed by atoms with Gasteiger partial charge in [-0.15, -0.1) is 0 Å². The number of carbonyl (C=O) groups is 3. The lowest BCUT2D eigenvalue weighted by atomic mass is 10.0. The number of nitrogens with zero attached hydrogens (tertiary/aromatic N) is 2. The largest absolute Gasteiger partial charge is 0.369 e. The van der Waals surface area contributed by atoms with Crippen LogP contribution in [-0.2, 0) is 41.9 Å². The minimum absolute atomic E-state index is 0.260. The van der Waals surface area contributed by atoms with Crippen LogP contribution < -0.4 is 11.5 Å². The number of carbonyl (C=O) groups excluding carboxylic acids is 3. The van der Waals surface area contributed by atoms with Crippen molar-refractivity contribution in [2.75, 3.05) is 0 Å². The highest BCUT2D eigenvalue weighted by molar-refractivity contribution is 6.44. The van der Waals surface area contributed by atoms with E-state index < -0.39 is 11.7 Å². The molecule has 2 aromatic heterocycles. The maximum atomic E-state index is 11.7. The zero-order valence-electron chi connectivity index (χ0n) is 18.3. The summed E-state index contributed by atoms with van der Waals surface area (Å²) in [6.45, 7) is 1.94. The molecular formula is C26H26N4O3. The summed E-state index contributed by atoms with van der Waals surface area (Å²) in [5.74, 6) is -1.76. The number of aryl methyl sites for hydroxylation is 4. The first kappa shape index (κ1) is 21.0. The molecule has 0 saturated carbocycles. The highest BCUT2D eigenvalue weighted by atomic mass is 16.2. The Labute approximate surface area is 190 Å². The van der Waals surface area contributed by atoms with E-state index in [-0.39, 0.29) is 5.91 Å². The Morgan fingerprint density at radius 3 is 1.97 bits per heavy atom. The number of amides is 2. The van der Waals surface area contributed by atoms with E-state index in [2.05, 4.69) is 35.0 Å². The number of benzene rings is 2. The summed E-state index contributed by atoms with van der Waals surface area (Å²) >= 11 is 0. The molecule has 2 aliphatic heterocycles. The number of primary amides is 2. The number of Topliss-reactive ketones (excluding diaryl/α,β-unsaturated/α-hetero) is 1. The van der Waals surface area contributed by atoms with Gasteiger partial charge in [0.2, 0.25) is 5.91 Å². The van der Waals surface area contributed by atoms with Gasteiger partial charge in [-0.25, -0.2) is 0 Å². The zero-order valence-corrected chi connectivity index (χ0v) is 18.3. The molecule has 0 saturated heterocycles. The second kappa shape index (κ2) is 8.24. The van der Waals surface area contributed by atoms with Crippen molar-refractivity contribution in [1.29, 1.82) is 0 Å². The Morgan fingerprint density at radius 1 is 0.788 bits per heavy atom. The van der Waals surface area contributed by atoms with Gasteiger partial charge in [0.25, 0.3) is 11.7 Å². The Bertz CT molecular complexity index is 1430. The number of rotatable bonds is 4. The summed E-state index contributed by atoms with van der Waals surface area (Å²) in [6, 6.07) is 12.2. The molecule has 6 rings (SSSR count). The Kier molecular flexibility index (Phi) is 5.24. The van der Waals surface area contributed by atoms with Crippen LogP contribution in [0, 0.1) is 0 Å². The van der Waals surface area contributed by atoms with Crippen molar-refractivity contribution in [1.82, 2.24) is 9.13 Å². The highest BCUT2D eigenvalue weighted by Gasteiger charge is 2.22. The van der Waals surface area contributed by atoms with Crippen LogP contribution in [-0.4, -0.2) is 26.7 Å². The standard InChI is InChI=1S/C13H12N2O2.C13H14N2O/c14-13(17)12(16)10-7-15-6-2-4-8-3-1-5-9(10)11(8)15;14-12(16)7-10-8-15-6-2-4-9-3-1-5-11(10)13(9)15/h1,3,5,7H,2,4,6H2,(H2,14,17);1,3,5,8H,2,4,6-7H2,(H2,14,16). The van der Waals surface area contributed by atoms with Crippen molar-refractivity contribution in [2.24, 2.45) is 11.5 Å². The molecule has 0 atom stereocenters. The molecule has 2 aromatic carbocycles. The first-order valence-electron chi connectivity index (χ1n) is 11.3. The van der Waals surface area contributed by atoms with Crippen LogP contribution in [0.5, 0.6) is 0 Å². The number of aromatic nitrogens is 2. The second-order valence-electron chi connectivity index (χ2n) is 8.75. The molecule has 33 heavy (non-hydrogen) atoms. The minimum atomic E-state index is -0.895. The number of nitrogens with two attached hydrogens (primary N) is 2. The van der Waals surface area contributed by atoms with Gasteiger partial charge in [-0.3, -0.25) is 14.4 Å². The molecule has 2 aliphatic rings. The predicted octanol–water partition coefficient (Wildman–Crippen LogP) is 2.87. The van der Waals surface area contributed by atoms with Crippen LogP contribution in [0.2, 0.25) is 0 Å². The van der Waals surface area contributed by atoms with Crippen LogP contribution in [0.25, 0.3) is 21.8 Å². The quantitative estimate of drug-likeness (QED) is 0.374. The minimum Gasteiger partial charge on any atom is -0.369 e. The number of para-hydroxylation sites is 2. The molecule has 4 N–H and O–H groups in total. The lowest BCUT2D eigenvalue weighted by Crippen LogP contribution is -2.22. The van der Waals surface area contributed by atoms with Crippen molar-refractivity contribution in [3.63, 3.8) is 0 Å². The molecular weight excluding hydrogens is 416 g/mol. The van der Waals surface area contributed by atoms with Gasteiger partial charge in [0, 0.05) is 36.3 Å². The zero-order chi connectivity index (χ0) is 23.1. The first-order chi connectivity index (χ1) is 15.9. The Balaban J connectivity index is 0.000000139. The summed E-state index contributed by atoms with van der Waals surface area (Å²) in [6.07, 6.45) is 8.57. The van der Waals surface area contributed by atoms with E-state index >= 15 is 0 Å². The van der Waals surface area contributed by atoms with E-state index in [1.54, 1.807) is 6.20 Å². The van der Waals surface area contributed by atoms with Crippen LogP contribution >= 0.6 is 0 Å². The van der Waals surface area contributed by atoms with E-state index in [4.69, 9.17) is 11.5 Å². The molecule has 0 spiro atoms. The van der Waals surface area contributed by atoms with Crippen molar-refractivity contribution >= 4 is 39.4 Å². The molecule has 4 aromatic rings. The van der Waals surface area contributed by atoms with Gasteiger partial charge in [-0.2, -0.15) is 0 Å². The normalized spacial score (nSPS) is 14.1.